The predicted octanol–water partition coefficient (Wildman–Crippen LogP) is 4.64. The van der Waals surface area contributed by atoms with Crippen molar-refractivity contribution in [3.63, 3.8) is 0 Å². The number of carbonyl (C=O) groups is 1. The lowest BCUT2D eigenvalue weighted by Crippen LogP contribution is -2.44. The van der Waals surface area contributed by atoms with Crippen LogP contribution < -0.4 is 14.8 Å². The van der Waals surface area contributed by atoms with E-state index in [1.54, 1.807) is 0 Å². The summed E-state index contributed by atoms with van der Waals surface area (Å²) < 4.78 is 18.0. The van der Waals surface area contributed by atoms with Crippen molar-refractivity contribution in [1.82, 2.24) is 0 Å². The number of ether oxygens (including phenoxy) is 3. The lowest BCUT2D eigenvalue weighted by Gasteiger charge is -2.36. The third-order valence-corrected chi connectivity index (χ3v) is 5.62. The van der Waals surface area contributed by atoms with E-state index in [1.807, 2.05) is 56.3 Å². The minimum Gasteiger partial charge on any atom is -0.449 e. The molecule has 0 atom stereocenters. The molecule has 1 fully saturated rings. The second-order valence-corrected chi connectivity index (χ2v) is 8.34. The molecule has 4 rings (SSSR count). The summed E-state index contributed by atoms with van der Waals surface area (Å²) in [6, 6.07) is 13.5. The van der Waals surface area contributed by atoms with Crippen molar-refractivity contribution < 1.29 is 19.0 Å². The molecule has 142 valence electrons. The maximum absolute atomic E-state index is 13.4. The van der Waals surface area contributed by atoms with Gasteiger partial charge in [0.15, 0.2) is 11.5 Å². The van der Waals surface area contributed by atoms with Crippen molar-refractivity contribution in [3.05, 3.63) is 52.5 Å². The van der Waals surface area contributed by atoms with Crippen LogP contribution in [0.1, 0.15) is 32.3 Å². The van der Waals surface area contributed by atoms with E-state index in [-0.39, 0.29) is 5.91 Å². The number of benzene rings is 2. The highest BCUT2D eigenvalue weighted by Crippen LogP contribution is 2.42. The van der Waals surface area contributed by atoms with Gasteiger partial charge in [-0.1, -0.05) is 28.1 Å². The van der Waals surface area contributed by atoms with Crippen LogP contribution in [-0.2, 0) is 14.9 Å². The minimum atomic E-state index is -0.690. The summed E-state index contributed by atoms with van der Waals surface area (Å²) in [5.41, 5.74) is 1.10. The summed E-state index contributed by atoms with van der Waals surface area (Å²) in [6.07, 6.45) is 1.30. The van der Waals surface area contributed by atoms with E-state index in [2.05, 4.69) is 21.2 Å². The number of fused-ring (bicyclic) bond motifs is 1. The first kappa shape index (κ1) is 18.3. The first-order valence-corrected chi connectivity index (χ1v) is 9.85. The zero-order valence-electron chi connectivity index (χ0n) is 15.4. The molecule has 0 unspecified atom stereocenters. The second kappa shape index (κ2) is 6.84. The van der Waals surface area contributed by atoms with Gasteiger partial charge in [-0.3, -0.25) is 4.79 Å². The number of nitrogens with one attached hydrogen (secondary N) is 1. The molecule has 2 aromatic carbocycles. The molecular formula is C21H22BrNO4. The van der Waals surface area contributed by atoms with Crippen molar-refractivity contribution >= 4 is 27.5 Å². The SMILES string of the molecule is CC1(C)Oc2ccc(NC(=O)C3(c4ccc(Br)cc4)CCOCC3)cc2O1. The quantitative estimate of drug-likeness (QED) is 0.768. The lowest BCUT2D eigenvalue weighted by molar-refractivity contribution is -0.125. The van der Waals surface area contributed by atoms with Crippen LogP contribution in [0.5, 0.6) is 11.5 Å². The molecule has 2 aliphatic rings. The maximum atomic E-state index is 13.4. The summed E-state index contributed by atoms with van der Waals surface area (Å²) in [6.45, 7) is 4.85. The average Bonchev–Trinajstić information content (AvgIpc) is 2.96. The van der Waals surface area contributed by atoms with Gasteiger partial charge in [-0.05, 0) is 42.7 Å². The van der Waals surface area contributed by atoms with Crippen LogP contribution in [0.3, 0.4) is 0 Å². The number of amides is 1. The van der Waals surface area contributed by atoms with Crippen LogP contribution in [0.2, 0.25) is 0 Å². The van der Waals surface area contributed by atoms with Gasteiger partial charge in [-0.2, -0.15) is 0 Å². The molecule has 0 aliphatic carbocycles. The standard InChI is InChI=1S/C21H22BrNO4/c1-20(2)26-17-8-7-16(13-18(17)27-20)23-19(24)21(9-11-25-12-10-21)14-3-5-15(22)6-4-14/h3-8,13H,9-12H2,1-2H3,(H,23,24). The Labute approximate surface area is 167 Å². The number of hydrogen-bond acceptors (Lipinski definition) is 4. The Hall–Kier alpha value is -2.05. The summed E-state index contributed by atoms with van der Waals surface area (Å²) >= 11 is 3.46. The third kappa shape index (κ3) is 3.56. The fraction of sp³-hybridized carbons (Fsp3) is 0.381. The second-order valence-electron chi connectivity index (χ2n) is 7.42. The Morgan fingerprint density at radius 2 is 1.67 bits per heavy atom. The fourth-order valence-corrected chi connectivity index (χ4v) is 3.95. The number of anilines is 1. The maximum Gasteiger partial charge on any atom is 0.246 e. The molecule has 2 aromatic rings. The van der Waals surface area contributed by atoms with Gasteiger partial charge in [-0.25, -0.2) is 0 Å². The van der Waals surface area contributed by atoms with Gasteiger partial charge in [-0.15, -0.1) is 0 Å². The molecule has 1 saturated heterocycles. The van der Waals surface area contributed by atoms with Gasteiger partial charge in [0.05, 0.1) is 5.41 Å². The van der Waals surface area contributed by atoms with Crippen molar-refractivity contribution in [2.24, 2.45) is 0 Å². The highest BCUT2D eigenvalue weighted by Gasteiger charge is 2.42. The van der Waals surface area contributed by atoms with Crippen LogP contribution >= 0.6 is 15.9 Å². The molecule has 27 heavy (non-hydrogen) atoms. The van der Waals surface area contributed by atoms with E-state index in [9.17, 15) is 4.79 Å². The highest BCUT2D eigenvalue weighted by molar-refractivity contribution is 9.10. The van der Waals surface area contributed by atoms with E-state index < -0.39 is 11.2 Å². The van der Waals surface area contributed by atoms with E-state index in [0.717, 1.165) is 10.0 Å². The first-order chi connectivity index (χ1) is 12.9. The molecule has 2 heterocycles. The molecule has 2 aliphatic heterocycles. The summed E-state index contributed by atoms with van der Waals surface area (Å²) in [7, 11) is 0. The third-order valence-electron chi connectivity index (χ3n) is 5.09. The van der Waals surface area contributed by atoms with Crippen molar-refractivity contribution in [3.8, 4) is 11.5 Å². The highest BCUT2D eigenvalue weighted by atomic mass is 79.9. The van der Waals surface area contributed by atoms with Gasteiger partial charge < -0.3 is 19.5 Å². The van der Waals surface area contributed by atoms with E-state index in [0.29, 0.717) is 43.2 Å². The Bertz CT molecular complexity index is 857. The molecule has 5 nitrogen and oxygen atoms in total. The molecule has 0 aromatic heterocycles. The predicted molar refractivity (Wildman–Crippen MR) is 106 cm³/mol. The number of rotatable bonds is 3. The smallest absolute Gasteiger partial charge is 0.246 e. The van der Waals surface area contributed by atoms with Gasteiger partial charge in [0, 0.05) is 43.3 Å². The average molecular weight is 432 g/mol. The van der Waals surface area contributed by atoms with E-state index >= 15 is 0 Å². The van der Waals surface area contributed by atoms with Crippen molar-refractivity contribution in [2.75, 3.05) is 18.5 Å². The molecule has 0 saturated carbocycles. The Balaban J connectivity index is 1.61. The Morgan fingerprint density at radius 3 is 2.37 bits per heavy atom. The zero-order valence-corrected chi connectivity index (χ0v) is 17.0. The number of carbonyl (C=O) groups excluding carboxylic acids is 1. The van der Waals surface area contributed by atoms with Crippen LogP contribution in [-0.4, -0.2) is 24.9 Å². The van der Waals surface area contributed by atoms with Crippen molar-refractivity contribution in [2.45, 2.75) is 37.9 Å². The molecule has 0 bridgehead atoms. The summed E-state index contributed by atoms with van der Waals surface area (Å²) in [5.74, 6) is 0.616. The minimum absolute atomic E-state index is 0.0220. The van der Waals surface area contributed by atoms with E-state index in [1.165, 1.54) is 0 Å². The number of halogens is 1. The van der Waals surface area contributed by atoms with Crippen LogP contribution in [0.25, 0.3) is 0 Å². The summed E-state index contributed by atoms with van der Waals surface area (Å²) in [5, 5.41) is 3.08. The fourth-order valence-electron chi connectivity index (χ4n) is 3.69. The van der Waals surface area contributed by atoms with Gasteiger partial charge in [0.1, 0.15) is 0 Å². The van der Waals surface area contributed by atoms with Gasteiger partial charge in [0.2, 0.25) is 11.7 Å². The topological polar surface area (TPSA) is 56.8 Å². The Kier molecular flexibility index (Phi) is 4.64. The largest absolute Gasteiger partial charge is 0.449 e. The lowest BCUT2D eigenvalue weighted by atomic mass is 9.73. The van der Waals surface area contributed by atoms with Crippen LogP contribution in [0.15, 0.2) is 46.9 Å². The van der Waals surface area contributed by atoms with Crippen LogP contribution in [0, 0.1) is 0 Å². The normalized spacial score (nSPS) is 19.5. The molecule has 1 N–H and O–H groups in total. The zero-order chi connectivity index (χ0) is 19.1. The van der Waals surface area contributed by atoms with Gasteiger partial charge in [0.25, 0.3) is 0 Å². The van der Waals surface area contributed by atoms with Crippen LogP contribution in [0.4, 0.5) is 5.69 Å². The summed E-state index contributed by atoms with van der Waals surface area (Å²) in [4.78, 5) is 13.4. The molecule has 1 amide bonds. The number of hydrogen-bond donors (Lipinski definition) is 1. The first-order valence-electron chi connectivity index (χ1n) is 9.05. The van der Waals surface area contributed by atoms with E-state index in [4.69, 9.17) is 14.2 Å². The molecule has 0 spiro atoms. The molecular weight excluding hydrogens is 410 g/mol. The Morgan fingerprint density at radius 1 is 1.00 bits per heavy atom. The molecule has 6 heteroatoms. The van der Waals surface area contributed by atoms with Crippen molar-refractivity contribution in [1.29, 1.82) is 0 Å². The van der Waals surface area contributed by atoms with Gasteiger partial charge >= 0.3 is 0 Å². The monoisotopic (exact) mass is 431 g/mol. The molecule has 0 radical (unpaired) electrons.